The highest BCUT2D eigenvalue weighted by molar-refractivity contribution is 7.88. The van der Waals surface area contributed by atoms with Crippen molar-refractivity contribution in [2.75, 3.05) is 45.5 Å². The van der Waals surface area contributed by atoms with E-state index in [0.717, 1.165) is 24.7 Å². The molecule has 0 unspecified atom stereocenters. The number of nitrogens with zero attached hydrogens (tertiary/aromatic N) is 2. The molecule has 2 amide bonds. The molecule has 3 rings (SSSR count). The molecule has 0 aromatic heterocycles. The molecule has 0 atom stereocenters. The van der Waals surface area contributed by atoms with Crippen LogP contribution in [0.25, 0.3) is 0 Å². The van der Waals surface area contributed by atoms with Crippen LogP contribution in [0.4, 0.5) is 0 Å². The molecule has 1 heterocycles. The summed E-state index contributed by atoms with van der Waals surface area (Å²) in [6, 6.07) is 7.66. The van der Waals surface area contributed by atoms with E-state index in [1.165, 1.54) is 0 Å². The predicted octanol–water partition coefficient (Wildman–Crippen LogP) is -0.185. The lowest BCUT2D eigenvalue weighted by atomic mass is 10.1. The molecule has 28 heavy (non-hydrogen) atoms. The molecule has 1 aromatic rings. The minimum absolute atomic E-state index is 0.0112. The van der Waals surface area contributed by atoms with Gasteiger partial charge in [-0.1, -0.05) is 12.1 Å². The largest absolute Gasteiger partial charge is 0.352 e. The zero-order valence-corrected chi connectivity index (χ0v) is 17.0. The van der Waals surface area contributed by atoms with E-state index in [-0.39, 0.29) is 11.8 Å². The maximum Gasteiger partial charge on any atom is 0.253 e. The number of sulfonamides is 1. The van der Waals surface area contributed by atoms with Gasteiger partial charge in [0, 0.05) is 44.3 Å². The molecule has 1 saturated heterocycles. The standard InChI is InChI=1S/C19H28N4O4S/c1-28(26,27)20-9-8-15-2-4-16(5-3-15)19(25)23-12-10-22(11-13-23)14-18(24)21-17-6-7-17/h2-5,17,20H,6-14H2,1H3,(H,21,24). The Morgan fingerprint density at radius 2 is 1.71 bits per heavy atom. The van der Waals surface area contributed by atoms with Crippen LogP contribution in [0.2, 0.25) is 0 Å². The number of hydrogen-bond donors (Lipinski definition) is 2. The molecule has 0 spiro atoms. The van der Waals surface area contributed by atoms with Crippen molar-refractivity contribution in [1.82, 2.24) is 19.8 Å². The van der Waals surface area contributed by atoms with Crippen LogP contribution < -0.4 is 10.0 Å². The molecular weight excluding hydrogens is 380 g/mol. The first kappa shape index (κ1) is 20.8. The molecule has 1 saturated carbocycles. The van der Waals surface area contributed by atoms with Crippen LogP contribution >= 0.6 is 0 Å². The van der Waals surface area contributed by atoms with Gasteiger partial charge in [0.25, 0.3) is 5.91 Å². The Morgan fingerprint density at radius 3 is 2.29 bits per heavy atom. The van der Waals surface area contributed by atoms with E-state index in [1.807, 2.05) is 17.0 Å². The van der Waals surface area contributed by atoms with E-state index in [0.29, 0.717) is 57.3 Å². The Balaban J connectivity index is 1.43. The molecule has 154 valence electrons. The van der Waals surface area contributed by atoms with Crippen molar-refractivity contribution >= 4 is 21.8 Å². The van der Waals surface area contributed by atoms with Gasteiger partial charge in [-0.25, -0.2) is 13.1 Å². The van der Waals surface area contributed by atoms with Gasteiger partial charge in [0.05, 0.1) is 12.8 Å². The number of piperazine rings is 1. The second-order valence-corrected chi connectivity index (χ2v) is 9.36. The van der Waals surface area contributed by atoms with E-state index in [4.69, 9.17) is 0 Å². The molecule has 1 aromatic carbocycles. The van der Waals surface area contributed by atoms with Gasteiger partial charge in [-0.2, -0.15) is 0 Å². The fourth-order valence-corrected chi connectivity index (χ4v) is 3.66. The van der Waals surface area contributed by atoms with Crippen LogP contribution in [0.15, 0.2) is 24.3 Å². The number of nitrogens with one attached hydrogen (secondary N) is 2. The van der Waals surface area contributed by atoms with Crippen LogP contribution in [0.1, 0.15) is 28.8 Å². The normalized spacial score (nSPS) is 18.1. The van der Waals surface area contributed by atoms with Gasteiger partial charge in [0.1, 0.15) is 0 Å². The molecule has 2 fully saturated rings. The average molecular weight is 409 g/mol. The van der Waals surface area contributed by atoms with Crippen LogP contribution in [0.5, 0.6) is 0 Å². The van der Waals surface area contributed by atoms with Gasteiger partial charge in [0.15, 0.2) is 0 Å². The number of carbonyl (C=O) groups is 2. The van der Waals surface area contributed by atoms with Crippen molar-refractivity contribution in [3.8, 4) is 0 Å². The Bertz CT molecular complexity index is 798. The van der Waals surface area contributed by atoms with Crippen molar-refractivity contribution in [3.05, 3.63) is 35.4 Å². The number of carbonyl (C=O) groups excluding carboxylic acids is 2. The summed E-state index contributed by atoms with van der Waals surface area (Å²) in [5.74, 6) is 0.0612. The fourth-order valence-electron chi connectivity index (χ4n) is 3.19. The van der Waals surface area contributed by atoms with Crippen LogP contribution in [0.3, 0.4) is 0 Å². The lowest BCUT2D eigenvalue weighted by Gasteiger charge is -2.34. The van der Waals surface area contributed by atoms with Gasteiger partial charge >= 0.3 is 0 Å². The maximum absolute atomic E-state index is 12.7. The van der Waals surface area contributed by atoms with Crippen molar-refractivity contribution in [3.63, 3.8) is 0 Å². The Labute approximate surface area is 166 Å². The highest BCUT2D eigenvalue weighted by atomic mass is 32.2. The highest BCUT2D eigenvalue weighted by Gasteiger charge is 2.26. The Morgan fingerprint density at radius 1 is 1.07 bits per heavy atom. The van der Waals surface area contributed by atoms with Crippen molar-refractivity contribution in [2.24, 2.45) is 0 Å². The SMILES string of the molecule is CS(=O)(=O)NCCc1ccc(C(=O)N2CCN(CC(=O)NC3CC3)CC2)cc1. The quantitative estimate of drug-likeness (QED) is 0.622. The van der Waals surface area contributed by atoms with Gasteiger partial charge in [-0.3, -0.25) is 14.5 Å². The summed E-state index contributed by atoms with van der Waals surface area (Å²) in [5.41, 5.74) is 1.60. The highest BCUT2D eigenvalue weighted by Crippen LogP contribution is 2.18. The number of benzene rings is 1. The summed E-state index contributed by atoms with van der Waals surface area (Å²) < 4.78 is 24.6. The Hall–Kier alpha value is -1.97. The summed E-state index contributed by atoms with van der Waals surface area (Å²) in [6.45, 7) is 3.33. The second kappa shape index (κ2) is 9.02. The topological polar surface area (TPSA) is 98.8 Å². The fraction of sp³-hybridized carbons (Fsp3) is 0.579. The third kappa shape index (κ3) is 6.57. The zero-order valence-electron chi connectivity index (χ0n) is 16.2. The van der Waals surface area contributed by atoms with Gasteiger partial charge in [0.2, 0.25) is 15.9 Å². The summed E-state index contributed by atoms with van der Waals surface area (Å²) in [4.78, 5) is 28.5. The lowest BCUT2D eigenvalue weighted by molar-refractivity contribution is -0.122. The van der Waals surface area contributed by atoms with E-state index in [9.17, 15) is 18.0 Å². The molecular formula is C19H28N4O4S. The van der Waals surface area contributed by atoms with Crippen LogP contribution in [-0.4, -0.2) is 81.6 Å². The first-order valence-corrected chi connectivity index (χ1v) is 11.5. The summed E-state index contributed by atoms with van der Waals surface area (Å²) >= 11 is 0. The van der Waals surface area contributed by atoms with E-state index in [2.05, 4.69) is 14.9 Å². The summed E-state index contributed by atoms with van der Waals surface area (Å²) in [7, 11) is -3.19. The number of rotatable bonds is 8. The first-order chi connectivity index (χ1) is 13.3. The molecule has 2 aliphatic rings. The van der Waals surface area contributed by atoms with E-state index >= 15 is 0 Å². The van der Waals surface area contributed by atoms with Gasteiger partial charge in [-0.15, -0.1) is 0 Å². The molecule has 0 bridgehead atoms. The summed E-state index contributed by atoms with van der Waals surface area (Å²) in [6.07, 6.45) is 3.87. The van der Waals surface area contributed by atoms with Crippen molar-refractivity contribution in [1.29, 1.82) is 0 Å². The molecule has 1 aliphatic carbocycles. The van der Waals surface area contributed by atoms with Crippen LogP contribution in [0, 0.1) is 0 Å². The molecule has 8 nitrogen and oxygen atoms in total. The Kier molecular flexibility index (Phi) is 6.69. The molecule has 0 radical (unpaired) electrons. The van der Waals surface area contributed by atoms with E-state index < -0.39 is 10.0 Å². The number of amides is 2. The van der Waals surface area contributed by atoms with E-state index in [1.54, 1.807) is 12.1 Å². The average Bonchev–Trinajstić information content (AvgIpc) is 3.45. The minimum Gasteiger partial charge on any atom is -0.352 e. The lowest BCUT2D eigenvalue weighted by Crippen LogP contribution is -2.51. The summed E-state index contributed by atoms with van der Waals surface area (Å²) in [5, 5.41) is 2.99. The molecule has 2 N–H and O–H groups in total. The van der Waals surface area contributed by atoms with Crippen LogP contribution in [-0.2, 0) is 21.2 Å². The zero-order chi connectivity index (χ0) is 20.1. The third-order valence-electron chi connectivity index (χ3n) is 4.95. The third-order valence-corrected chi connectivity index (χ3v) is 5.68. The van der Waals surface area contributed by atoms with Crippen molar-refractivity contribution in [2.45, 2.75) is 25.3 Å². The smallest absolute Gasteiger partial charge is 0.253 e. The van der Waals surface area contributed by atoms with Gasteiger partial charge in [-0.05, 0) is 37.0 Å². The van der Waals surface area contributed by atoms with Gasteiger partial charge < -0.3 is 10.2 Å². The minimum atomic E-state index is -3.19. The monoisotopic (exact) mass is 408 g/mol. The van der Waals surface area contributed by atoms with Crippen molar-refractivity contribution < 1.29 is 18.0 Å². The molecule has 9 heteroatoms. The predicted molar refractivity (Wildman–Crippen MR) is 107 cm³/mol. The number of hydrogen-bond acceptors (Lipinski definition) is 5. The second-order valence-electron chi connectivity index (χ2n) is 7.52. The molecule has 1 aliphatic heterocycles. The maximum atomic E-state index is 12.7. The first-order valence-electron chi connectivity index (χ1n) is 9.65.